The summed E-state index contributed by atoms with van der Waals surface area (Å²) < 4.78 is 32.4. The van der Waals surface area contributed by atoms with Gasteiger partial charge in [0.25, 0.3) is 5.91 Å². The second kappa shape index (κ2) is 7.74. The molecule has 1 heterocycles. The Morgan fingerprint density at radius 3 is 2.56 bits per heavy atom. The zero-order valence-electron chi connectivity index (χ0n) is 14.4. The summed E-state index contributed by atoms with van der Waals surface area (Å²) in [5.74, 6) is -3.70. The van der Waals surface area contributed by atoms with Gasteiger partial charge in [-0.2, -0.15) is 0 Å². The number of hydrogen-bond donors (Lipinski definition) is 1. The van der Waals surface area contributed by atoms with E-state index in [9.17, 15) is 18.4 Å². The van der Waals surface area contributed by atoms with Crippen molar-refractivity contribution in [3.63, 3.8) is 0 Å². The highest BCUT2D eigenvalue weighted by Crippen LogP contribution is 2.34. The van der Waals surface area contributed by atoms with Crippen LogP contribution >= 0.6 is 11.3 Å². The number of ether oxygens (including phenoxy) is 1. The standard InChI is InChI=1S/C18H19F2NO3S/c1-5-11-10(4)25-17(14(11)18(23)24-9(2)3)21-16(22)12-7-6-8-13(19)15(12)20/h6-9H,5H2,1-4H3,(H,21,22). The maximum absolute atomic E-state index is 13.8. The lowest BCUT2D eigenvalue weighted by Gasteiger charge is -2.11. The molecule has 134 valence electrons. The molecule has 1 aromatic carbocycles. The Morgan fingerprint density at radius 2 is 1.96 bits per heavy atom. The third-order valence-electron chi connectivity index (χ3n) is 3.53. The molecule has 0 bridgehead atoms. The predicted octanol–water partition coefficient (Wildman–Crippen LogP) is 4.71. The molecule has 0 fully saturated rings. The predicted molar refractivity (Wildman–Crippen MR) is 93.3 cm³/mol. The van der Waals surface area contributed by atoms with Gasteiger partial charge in [0.15, 0.2) is 11.6 Å². The van der Waals surface area contributed by atoms with Crippen LogP contribution in [0.5, 0.6) is 0 Å². The highest BCUT2D eigenvalue weighted by molar-refractivity contribution is 7.16. The van der Waals surface area contributed by atoms with Crippen LogP contribution in [0.4, 0.5) is 13.8 Å². The summed E-state index contributed by atoms with van der Waals surface area (Å²) in [4.78, 5) is 25.6. The van der Waals surface area contributed by atoms with E-state index < -0.39 is 29.1 Å². The first kappa shape index (κ1) is 19.1. The molecular weight excluding hydrogens is 348 g/mol. The minimum absolute atomic E-state index is 0.267. The number of nitrogens with one attached hydrogen (secondary N) is 1. The Hall–Kier alpha value is -2.28. The molecular formula is C18H19F2NO3S. The SMILES string of the molecule is CCc1c(C)sc(NC(=O)c2cccc(F)c2F)c1C(=O)OC(C)C. The number of hydrogen-bond acceptors (Lipinski definition) is 4. The molecule has 0 aliphatic carbocycles. The Labute approximate surface area is 148 Å². The van der Waals surface area contributed by atoms with Crippen molar-refractivity contribution in [1.29, 1.82) is 0 Å². The molecule has 2 aromatic rings. The number of carbonyl (C=O) groups excluding carboxylic acids is 2. The topological polar surface area (TPSA) is 55.4 Å². The van der Waals surface area contributed by atoms with E-state index in [0.717, 1.165) is 16.5 Å². The average Bonchev–Trinajstić information content (AvgIpc) is 2.84. The molecule has 0 radical (unpaired) electrons. The molecule has 1 N–H and O–H groups in total. The molecule has 0 atom stereocenters. The van der Waals surface area contributed by atoms with E-state index in [2.05, 4.69) is 5.32 Å². The Kier molecular flexibility index (Phi) is 5.89. The quantitative estimate of drug-likeness (QED) is 0.779. The van der Waals surface area contributed by atoms with E-state index in [4.69, 9.17) is 4.74 Å². The molecule has 1 aromatic heterocycles. The number of amides is 1. The van der Waals surface area contributed by atoms with Gasteiger partial charge in [0.2, 0.25) is 0 Å². The van der Waals surface area contributed by atoms with E-state index in [-0.39, 0.29) is 16.7 Å². The van der Waals surface area contributed by atoms with Gasteiger partial charge < -0.3 is 10.1 Å². The van der Waals surface area contributed by atoms with Crippen molar-refractivity contribution in [2.24, 2.45) is 0 Å². The van der Waals surface area contributed by atoms with Crippen molar-refractivity contribution in [1.82, 2.24) is 0 Å². The molecule has 0 aliphatic rings. The van der Waals surface area contributed by atoms with Crippen LogP contribution < -0.4 is 5.32 Å². The fraction of sp³-hybridized carbons (Fsp3) is 0.333. The lowest BCUT2D eigenvalue weighted by Crippen LogP contribution is -2.18. The molecule has 0 spiro atoms. The summed E-state index contributed by atoms with van der Waals surface area (Å²) in [5, 5.41) is 2.79. The van der Waals surface area contributed by atoms with Crippen molar-refractivity contribution >= 4 is 28.2 Å². The minimum Gasteiger partial charge on any atom is -0.459 e. The van der Waals surface area contributed by atoms with Crippen molar-refractivity contribution in [2.45, 2.75) is 40.2 Å². The summed E-state index contributed by atoms with van der Waals surface area (Å²) in [6, 6.07) is 3.36. The van der Waals surface area contributed by atoms with Gasteiger partial charge in [-0.05, 0) is 44.9 Å². The smallest absolute Gasteiger partial charge is 0.341 e. The van der Waals surface area contributed by atoms with Crippen LogP contribution in [0.2, 0.25) is 0 Å². The van der Waals surface area contributed by atoms with Gasteiger partial charge in [-0.3, -0.25) is 4.79 Å². The largest absolute Gasteiger partial charge is 0.459 e. The number of aryl methyl sites for hydroxylation is 1. The molecule has 4 nitrogen and oxygen atoms in total. The maximum atomic E-state index is 13.8. The number of esters is 1. The first-order valence-electron chi connectivity index (χ1n) is 7.84. The number of thiophene rings is 1. The summed E-state index contributed by atoms with van der Waals surface area (Å²) in [5.41, 5.74) is 0.613. The van der Waals surface area contributed by atoms with Crippen LogP contribution in [-0.4, -0.2) is 18.0 Å². The second-order valence-corrected chi connectivity index (χ2v) is 6.93. The summed E-state index contributed by atoms with van der Waals surface area (Å²) >= 11 is 1.21. The van der Waals surface area contributed by atoms with Crippen LogP contribution in [0.15, 0.2) is 18.2 Å². The zero-order valence-corrected chi connectivity index (χ0v) is 15.2. The van der Waals surface area contributed by atoms with E-state index in [1.807, 2.05) is 13.8 Å². The zero-order chi connectivity index (χ0) is 18.7. The maximum Gasteiger partial charge on any atom is 0.341 e. The van der Waals surface area contributed by atoms with Crippen LogP contribution in [0.3, 0.4) is 0 Å². The number of benzene rings is 1. The third-order valence-corrected chi connectivity index (χ3v) is 4.60. The molecule has 2 rings (SSSR count). The highest BCUT2D eigenvalue weighted by atomic mass is 32.1. The number of halogens is 2. The van der Waals surface area contributed by atoms with Crippen LogP contribution in [-0.2, 0) is 11.2 Å². The normalized spacial score (nSPS) is 10.8. The highest BCUT2D eigenvalue weighted by Gasteiger charge is 2.25. The fourth-order valence-corrected chi connectivity index (χ4v) is 3.56. The van der Waals surface area contributed by atoms with Gasteiger partial charge in [-0.1, -0.05) is 13.0 Å². The number of anilines is 1. The van der Waals surface area contributed by atoms with Gasteiger partial charge >= 0.3 is 5.97 Å². The Balaban J connectivity index is 2.40. The van der Waals surface area contributed by atoms with Crippen molar-refractivity contribution < 1.29 is 23.1 Å². The average molecular weight is 367 g/mol. The third kappa shape index (κ3) is 4.04. The molecule has 7 heteroatoms. The lowest BCUT2D eigenvalue weighted by atomic mass is 10.1. The molecule has 0 saturated carbocycles. The van der Waals surface area contributed by atoms with Gasteiger partial charge in [0.05, 0.1) is 17.2 Å². The Bertz CT molecular complexity index is 815. The fourth-order valence-electron chi connectivity index (χ4n) is 2.43. The molecule has 25 heavy (non-hydrogen) atoms. The number of rotatable bonds is 5. The van der Waals surface area contributed by atoms with E-state index in [1.165, 1.54) is 23.5 Å². The monoisotopic (exact) mass is 367 g/mol. The molecule has 0 aliphatic heterocycles. The van der Waals surface area contributed by atoms with Crippen LogP contribution in [0.25, 0.3) is 0 Å². The number of carbonyl (C=O) groups is 2. The van der Waals surface area contributed by atoms with E-state index >= 15 is 0 Å². The minimum atomic E-state index is -1.23. The Morgan fingerprint density at radius 1 is 1.28 bits per heavy atom. The second-order valence-electron chi connectivity index (χ2n) is 5.70. The summed E-state index contributed by atoms with van der Waals surface area (Å²) in [6.45, 7) is 7.17. The van der Waals surface area contributed by atoms with Crippen LogP contribution in [0.1, 0.15) is 51.9 Å². The first-order valence-corrected chi connectivity index (χ1v) is 8.66. The van der Waals surface area contributed by atoms with Gasteiger partial charge in [-0.25, -0.2) is 13.6 Å². The molecule has 0 unspecified atom stereocenters. The van der Waals surface area contributed by atoms with Crippen molar-refractivity contribution in [3.8, 4) is 0 Å². The first-order chi connectivity index (χ1) is 11.8. The van der Waals surface area contributed by atoms with Gasteiger partial charge in [-0.15, -0.1) is 11.3 Å². The summed E-state index contributed by atoms with van der Waals surface area (Å²) in [6.07, 6.45) is 0.260. The molecule has 0 saturated heterocycles. The van der Waals surface area contributed by atoms with E-state index in [1.54, 1.807) is 13.8 Å². The molecule has 1 amide bonds. The van der Waals surface area contributed by atoms with Crippen molar-refractivity contribution in [2.75, 3.05) is 5.32 Å². The van der Waals surface area contributed by atoms with Crippen molar-refractivity contribution in [3.05, 3.63) is 51.4 Å². The summed E-state index contributed by atoms with van der Waals surface area (Å²) in [7, 11) is 0. The lowest BCUT2D eigenvalue weighted by molar-refractivity contribution is 0.0378. The van der Waals surface area contributed by atoms with E-state index in [0.29, 0.717) is 6.42 Å². The van der Waals surface area contributed by atoms with Crippen LogP contribution in [0, 0.1) is 18.6 Å². The van der Waals surface area contributed by atoms with Gasteiger partial charge in [0, 0.05) is 4.88 Å². The van der Waals surface area contributed by atoms with Gasteiger partial charge in [0.1, 0.15) is 5.00 Å².